The molecule has 0 fully saturated rings. The Kier molecular flexibility index (Phi) is 7.61. The zero-order chi connectivity index (χ0) is 32.8. The van der Waals surface area contributed by atoms with Crippen LogP contribution < -0.4 is 20.2 Å². The summed E-state index contributed by atoms with van der Waals surface area (Å²) >= 11 is 3.66. The molecule has 0 saturated heterocycles. The standard InChI is InChI=1S/C46H32S2/c1-29-15-9-10-16-34(29)27-30(2)35-17-7-5-6-8-18-36(38-20-12-11-19-37(35)38)31(3)28-42-32(4)47-45-41(42)26-24-33-23-25-40-39-21-13-14-22-43(39)48-46(40)44(33)45/h5-28H,1-4H2/b6-5?,7-5?,8-6?,17-7?,18-8?,34-27-,35-17?,36-18?,37-35?,38-36?,42-28+. The molecular formula is C46H32S2. The SMILES string of the molecule is C=C(/C=c1/ccccc1=C)c1ccccccc(C(=C)/C=c2\c(=C)sc3c2ccc2ccc4c5ccccc5sc4c23)c2ccccc12. The highest BCUT2D eigenvalue weighted by molar-refractivity contribution is 7.27. The Morgan fingerprint density at radius 2 is 1.04 bits per heavy atom. The Morgan fingerprint density at radius 3 is 1.75 bits per heavy atom. The molecule has 2 heteroatoms. The molecule has 228 valence electrons. The Labute approximate surface area is 287 Å². The van der Waals surface area contributed by atoms with Crippen LogP contribution >= 0.6 is 22.7 Å². The highest BCUT2D eigenvalue weighted by Crippen LogP contribution is 2.41. The quantitative estimate of drug-likeness (QED) is 0.178. The average molecular weight is 649 g/mol. The minimum Gasteiger partial charge on any atom is -0.135 e. The van der Waals surface area contributed by atoms with Crippen LogP contribution in [0.25, 0.3) is 88.3 Å². The number of fused-ring (bicyclic) bond motifs is 8. The lowest BCUT2D eigenvalue weighted by Crippen LogP contribution is -2.21. The summed E-state index contributed by atoms with van der Waals surface area (Å²) in [7, 11) is 0. The van der Waals surface area contributed by atoms with E-state index in [1.165, 1.54) is 41.0 Å². The van der Waals surface area contributed by atoms with Crippen molar-refractivity contribution in [2.45, 2.75) is 0 Å². The van der Waals surface area contributed by atoms with E-state index in [4.69, 9.17) is 0 Å². The Hall–Kier alpha value is -5.54. The topological polar surface area (TPSA) is 0 Å². The van der Waals surface area contributed by atoms with Gasteiger partial charge >= 0.3 is 0 Å². The van der Waals surface area contributed by atoms with E-state index in [2.05, 4.69) is 154 Å². The van der Waals surface area contributed by atoms with Crippen LogP contribution in [-0.2, 0) is 0 Å². The van der Waals surface area contributed by atoms with Crippen LogP contribution in [0.5, 0.6) is 0 Å². The maximum atomic E-state index is 4.66. The molecule has 6 aromatic carbocycles. The normalized spacial score (nSPS) is 12.3. The molecule has 0 amide bonds. The van der Waals surface area contributed by atoms with Crippen LogP contribution in [0.2, 0.25) is 0 Å². The fourth-order valence-corrected chi connectivity index (χ4v) is 9.15. The second kappa shape index (κ2) is 12.2. The molecule has 0 spiro atoms. The van der Waals surface area contributed by atoms with E-state index >= 15 is 0 Å². The van der Waals surface area contributed by atoms with E-state index in [9.17, 15) is 0 Å². The van der Waals surface area contributed by atoms with E-state index in [1.54, 1.807) is 11.3 Å². The Morgan fingerprint density at radius 1 is 0.479 bits per heavy atom. The molecule has 0 unspecified atom stereocenters. The third kappa shape index (κ3) is 5.16. The van der Waals surface area contributed by atoms with Gasteiger partial charge in [0.05, 0.1) is 0 Å². The molecule has 0 nitrogen and oxygen atoms in total. The number of allylic oxidation sites excluding steroid dienone is 2. The summed E-state index contributed by atoms with van der Waals surface area (Å²) < 4.78 is 4.98. The van der Waals surface area contributed by atoms with E-state index in [0.29, 0.717) is 0 Å². The van der Waals surface area contributed by atoms with Gasteiger partial charge in [0.2, 0.25) is 0 Å². The number of thiophene rings is 2. The summed E-state index contributed by atoms with van der Waals surface area (Å²) in [6, 6.07) is 47.0. The predicted octanol–water partition coefficient (Wildman–Crippen LogP) is 10.5. The number of hydrogen-bond donors (Lipinski definition) is 0. The van der Waals surface area contributed by atoms with Gasteiger partial charge in [0.1, 0.15) is 0 Å². The first-order chi connectivity index (χ1) is 23.5. The molecule has 0 aliphatic rings. The van der Waals surface area contributed by atoms with Crippen LogP contribution in [0.4, 0.5) is 0 Å². The summed E-state index contributed by atoms with van der Waals surface area (Å²) in [6.07, 6.45) is 4.34. The van der Waals surface area contributed by atoms with Crippen LogP contribution in [0.15, 0.2) is 147 Å². The van der Waals surface area contributed by atoms with E-state index in [-0.39, 0.29) is 0 Å². The van der Waals surface area contributed by atoms with Gasteiger partial charge in [0.25, 0.3) is 0 Å². The van der Waals surface area contributed by atoms with Crippen molar-refractivity contribution in [3.8, 4) is 0 Å². The van der Waals surface area contributed by atoms with Crippen molar-refractivity contribution < 1.29 is 0 Å². The van der Waals surface area contributed by atoms with Gasteiger partial charge < -0.3 is 0 Å². The third-order valence-electron chi connectivity index (χ3n) is 9.06. The molecular weight excluding hydrogens is 617 g/mol. The van der Waals surface area contributed by atoms with Crippen molar-refractivity contribution in [3.05, 3.63) is 178 Å². The molecule has 8 rings (SSSR count). The van der Waals surface area contributed by atoms with Crippen molar-refractivity contribution in [1.82, 2.24) is 0 Å². The molecule has 0 aliphatic carbocycles. The Balaban J connectivity index is 1.36. The minimum absolute atomic E-state index is 0.921. The minimum atomic E-state index is 0.921. The maximum absolute atomic E-state index is 4.66. The molecule has 0 N–H and O–H groups in total. The van der Waals surface area contributed by atoms with E-state index < -0.39 is 0 Å². The van der Waals surface area contributed by atoms with Gasteiger partial charge in [-0.2, -0.15) is 0 Å². The molecule has 0 saturated carbocycles. The van der Waals surface area contributed by atoms with Crippen LogP contribution in [-0.4, -0.2) is 0 Å². The Bertz CT molecular complexity index is 2920. The van der Waals surface area contributed by atoms with Gasteiger partial charge in [-0.25, -0.2) is 0 Å². The van der Waals surface area contributed by atoms with Gasteiger partial charge in [0.15, 0.2) is 0 Å². The monoisotopic (exact) mass is 648 g/mol. The van der Waals surface area contributed by atoms with Gasteiger partial charge in [0, 0.05) is 45.4 Å². The second-order valence-corrected chi connectivity index (χ2v) is 14.2. The van der Waals surface area contributed by atoms with Crippen molar-refractivity contribution in [2.24, 2.45) is 0 Å². The average Bonchev–Trinajstić information content (AvgIpc) is 3.64. The van der Waals surface area contributed by atoms with Gasteiger partial charge in [-0.3, -0.25) is 0 Å². The smallest absolute Gasteiger partial charge is 0.0448 e. The maximum Gasteiger partial charge on any atom is 0.0448 e. The zero-order valence-electron chi connectivity index (χ0n) is 26.5. The van der Waals surface area contributed by atoms with E-state index in [1.807, 2.05) is 29.5 Å². The molecule has 48 heavy (non-hydrogen) atoms. The lowest BCUT2D eigenvalue weighted by molar-refractivity contribution is 1.53. The van der Waals surface area contributed by atoms with Crippen LogP contribution in [0.1, 0.15) is 11.1 Å². The summed E-state index contributed by atoms with van der Waals surface area (Å²) in [5, 5.41) is 11.8. The first kappa shape index (κ1) is 29.8. The summed E-state index contributed by atoms with van der Waals surface area (Å²) in [5.74, 6) is 0. The number of hydrogen-bond acceptors (Lipinski definition) is 2. The fraction of sp³-hybridized carbons (Fsp3) is 0. The number of rotatable bonds is 4. The summed E-state index contributed by atoms with van der Waals surface area (Å²) in [4.78, 5) is 0. The first-order valence-corrected chi connectivity index (χ1v) is 17.6. The largest absolute Gasteiger partial charge is 0.135 e. The summed E-state index contributed by atoms with van der Waals surface area (Å²) in [6.45, 7) is 18.0. The molecule has 0 atom stereocenters. The molecule has 8 aromatic rings. The van der Waals surface area contributed by atoms with Crippen molar-refractivity contribution in [1.29, 1.82) is 0 Å². The molecule has 2 heterocycles. The lowest BCUT2D eigenvalue weighted by atomic mass is 9.95. The van der Waals surface area contributed by atoms with E-state index in [0.717, 1.165) is 53.2 Å². The predicted molar refractivity (Wildman–Crippen MR) is 217 cm³/mol. The lowest BCUT2D eigenvalue weighted by Gasteiger charge is -2.09. The number of benzene rings is 5. The van der Waals surface area contributed by atoms with Crippen LogP contribution in [0, 0.1) is 0 Å². The molecule has 0 radical (unpaired) electrons. The van der Waals surface area contributed by atoms with Crippen LogP contribution in [0.3, 0.4) is 0 Å². The van der Waals surface area contributed by atoms with Gasteiger partial charge in [-0.1, -0.05) is 154 Å². The highest BCUT2D eigenvalue weighted by atomic mass is 32.1. The van der Waals surface area contributed by atoms with Crippen molar-refractivity contribution >= 4 is 111 Å². The van der Waals surface area contributed by atoms with Crippen molar-refractivity contribution in [3.63, 3.8) is 0 Å². The fourth-order valence-electron chi connectivity index (χ4n) is 6.68. The molecule has 2 aromatic heterocycles. The molecule has 0 aliphatic heterocycles. The third-order valence-corrected chi connectivity index (χ3v) is 11.4. The van der Waals surface area contributed by atoms with Gasteiger partial charge in [-0.05, 0) is 67.1 Å². The highest BCUT2D eigenvalue weighted by Gasteiger charge is 2.13. The summed E-state index contributed by atoms with van der Waals surface area (Å²) in [5.41, 5.74) is 3.96. The zero-order valence-corrected chi connectivity index (χ0v) is 28.1. The second-order valence-electron chi connectivity index (χ2n) is 12.0. The van der Waals surface area contributed by atoms with Crippen molar-refractivity contribution in [2.75, 3.05) is 0 Å². The molecule has 0 bridgehead atoms. The first-order valence-electron chi connectivity index (χ1n) is 15.9. The van der Waals surface area contributed by atoms with Gasteiger partial charge in [-0.15, -0.1) is 22.7 Å².